The summed E-state index contributed by atoms with van der Waals surface area (Å²) in [4.78, 5) is 23.1. The standard InChI is InChI=1S/C14H10ClF3N4O2S2/c15-8-4-6(14(16,17)18)3-7(20-8)11-21-12(25-2-1-9(23)24)10-13(22-11)26-5-19-10/h3-4,19H,1-2,5H2,(H,23,24). The second kappa shape index (κ2) is 7.49. The number of carboxylic acid groups (broad SMARTS) is 1. The zero-order valence-electron chi connectivity index (χ0n) is 12.8. The van der Waals surface area contributed by atoms with E-state index in [1.165, 1.54) is 23.5 Å². The predicted molar refractivity (Wildman–Crippen MR) is 92.6 cm³/mol. The third-order valence-electron chi connectivity index (χ3n) is 3.21. The summed E-state index contributed by atoms with van der Waals surface area (Å²) in [6.07, 6.45) is -4.65. The molecule has 1 aliphatic rings. The number of anilines is 1. The monoisotopic (exact) mass is 422 g/mol. The molecule has 0 saturated heterocycles. The van der Waals surface area contributed by atoms with Crippen molar-refractivity contribution in [2.45, 2.75) is 22.6 Å². The molecule has 0 amide bonds. The number of hydrogen-bond acceptors (Lipinski definition) is 7. The minimum Gasteiger partial charge on any atom is -0.481 e. The second-order valence-corrected chi connectivity index (χ2v) is 7.49. The van der Waals surface area contributed by atoms with Gasteiger partial charge in [0.05, 0.1) is 17.9 Å². The number of carbonyl (C=O) groups is 1. The van der Waals surface area contributed by atoms with Gasteiger partial charge in [-0.25, -0.2) is 15.0 Å². The van der Waals surface area contributed by atoms with Crippen LogP contribution in [0.1, 0.15) is 12.0 Å². The maximum Gasteiger partial charge on any atom is 0.416 e. The molecule has 2 aromatic heterocycles. The first-order chi connectivity index (χ1) is 12.2. The molecule has 0 aromatic carbocycles. The number of aromatic nitrogens is 3. The summed E-state index contributed by atoms with van der Waals surface area (Å²) < 4.78 is 39.0. The summed E-state index contributed by atoms with van der Waals surface area (Å²) >= 11 is 8.28. The zero-order chi connectivity index (χ0) is 18.9. The normalized spacial score (nSPS) is 13.4. The lowest BCUT2D eigenvalue weighted by molar-refractivity contribution is -0.138. The second-order valence-electron chi connectivity index (χ2n) is 5.05. The number of pyridine rings is 1. The Morgan fingerprint density at radius 1 is 1.35 bits per heavy atom. The van der Waals surface area contributed by atoms with Crippen molar-refractivity contribution >= 4 is 46.8 Å². The first-order valence-electron chi connectivity index (χ1n) is 7.12. The number of alkyl halides is 3. The Morgan fingerprint density at radius 2 is 2.12 bits per heavy atom. The van der Waals surface area contributed by atoms with Crippen molar-refractivity contribution in [2.24, 2.45) is 0 Å². The van der Waals surface area contributed by atoms with E-state index in [2.05, 4.69) is 20.3 Å². The summed E-state index contributed by atoms with van der Waals surface area (Å²) in [5, 5.41) is 12.6. The first kappa shape index (κ1) is 19.1. The molecule has 0 aliphatic carbocycles. The molecule has 0 atom stereocenters. The van der Waals surface area contributed by atoms with E-state index < -0.39 is 17.7 Å². The van der Waals surface area contributed by atoms with Gasteiger partial charge in [0.25, 0.3) is 0 Å². The molecule has 1 aliphatic heterocycles. The van der Waals surface area contributed by atoms with Gasteiger partial charge in [-0.3, -0.25) is 4.79 Å². The maximum atomic E-state index is 13.0. The van der Waals surface area contributed by atoms with E-state index in [4.69, 9.17) is 16.7 Å². The van der Waals surface area contributed by atoms with Crippen LogP contribution in [0.4, 0.5) is 18.9 Å². The molecule has 3 heterocycles. The molecule has 0 unspecified atom stereocenters. The van der Waals surface area contributed by atoms with Crippen LogP contribution in [-0.4, -0.2) is 37.7 Å². The molecule has 2 N–H and O–H groups in total. The highest BCUT2D eigenvalue weighted by molar-refractivity contribution is 8.00. The average Bonchev–Trinajstić information content (AvgIpc) is 3.01. The van der Waals surface area contributed by atoms with Gasteiger partial charge < -0.3 is 10.4 Å². The lowest BCUT2D eigenvalue weighted by atomic mass is 10.2. The van der Waals surface area contributed by atoms with Gasteiger partial charge in [-0.2, -0.15) is 13.2 Å². The van der Waals surface area contributed by atoms with Gasteiger partial charge in [0.2, 0.25) is 0 Å². The number of halogens is 4. The molecule has 6 nitrogen and oxygen atoms in total. The van der Waals surface area contributed by atoms with Crippen molar-refractivity contribution in [2.75, 3.05) is 16.9 Å². The SMILES string of the molecule is O=C(O)CCSc1nc(-c2cc(C(F)(F)F)cc(Cl)n2)nc2c1NCS2. The number of nitrogens with zero attached hydrogens (tertiary/aromatic N) is 3. The summed E-state index contributed by atoms with van der Waals surface area (Å²) in [6, 6.07) is 1.57. The van der Waals surface area contributed by atoms with Crippen molar-refractivity contribution in [3.8, 4) is 11.5 Å². The Labute approximate surface area is 159 Å². The van der Waals surface area contributed by atoms with Gasteiger partial charge in [-0.15, -0.1) is 11.8 Å². The molecule has 0 spiro atoms. The zero-order valence-corrected chi connectivity index (χ0v) is 15.2. The maximum absolute atomic E-state index is 13.0. The Kier molecular flexibility index (Phi) is 5.49. The Balaban J connectivity index is 2.01. The molecule has 0 fully saturated rings. The van der Waals surface area contributed by atoms with Crippen LogP contribution in [-0.2, 0) is 11.0 Å². The Morgan fingerprint density at radius 3 is 2.81 bits per heavy atom. The first-order valence-corrected chi connectivity index (χ1v) is 9.47. The van der Waals surface area contributed by atoms with Crippen molar-refractivity contribution in [1.82, 2.24) is 15.0 Å². The Bertz CT molecular complexity index is 867. The van der Waals surface area contributed by atoms with Crippen LogP contribution < -0.4 is 5.32 Å². The topological polar surface area (TPSA) is 88.0 Å². The highest BCUT2D eigenvalue weighted by Crippen LogP contribution is 2.40. The van der Waals surface area contributed by atoms with Crippen molar-refractivity contribution in [3.05, 3.63) is 22.8 Å². The summed E-state index contributed by atoms with van der Waals surface area (Å²) in [5.74, 6) is -0.138. The fourth-order valence-electron chi connectivity index (χ4n) is 2.08. The number of thioether (sulfide) groups is 2. The molecule has 12 heteroatoms. The highest BCUT2D eigenvalue weighted by Gasteiger charge is 2.32. The lowest BCUT2D eigenvalue weighted by Gasteiger charge is -2.11. The van der Waals surface area contributed by atoms with Crippen molar-refractivity contribution in [3.63, 3.8) is 0 Å². The van der Waals surface area contributed by atoms with Crippen LogP contribution >= 0.6 is 35.1 Å². The van der Waals surface area contributed by atoms with Gasteiger partial charge in [-0.05, 0) is 12.1 Å². The molecule has 0 bridgehead atoms. The number of carboxylic acids is 1. The van der Waals surface area contributed by atoms with Crippen LogP contribution in [0, 0.1) is 0 Å². The molecule has 26 heavy (non-hydrogen) atoms. The molecule has 0 saturated carbocycles. The van der Waals surface area contributed by atoms with E-state index in [-0.39, 0.29) is 28.8 Å². The third-order valence-corrected chi connectivity index (χ3v) is 5.23. The Hall–Kier alpha value is -1.72. The predicted octanol–water partition coefficient (Wildman–Crippen LogP) is 4.25. The van der Waals surface area contributed by atoms with Crippen LogP contribution in [0.2, 0.25) is 5.15 Å². The van der Waals surface area contributed by atoms with Crippen LogP contribution in [0.15, 0.2) is 22.2 Å². The average molecular weight is 423 g/mol. The number of rotatable bonds is 5. The van der Waals surface area contributed by atoms with Gasteiger partial charge in [-0.1, -0.05) is 23.4 Å². The number of aliphatic carboxylic acids is 1. The van der Waals surface area contributed by atoms with Crippen LogP contribution in [0.25, 0.3) is 11.5 Å². The van der Waals surface area contributed by atoms with Crippen molar-refractivity contribution in [1.29, 1.82) is 0 Å². The summed E-state index contributed by atoms with van der Waals surface area (Å²) in [6.45, 7) is 0. The molecule has 0 radical (unpaired) electrons. The summed E-state index contributed by atoms with van der Waals surface area (Å²) in [7, 11) is 0. The van der Waals surface area contributed by atoms with E-state index in [1.54, 1.807) is 0 Å². The molecule has 2 aromatic rings. The van der Waals surface area contributed by atoms with Gasteiger partial charge >= 0.3 is 12.1 Å². The van der Waals surface area contributed by atoms with Crippen LogP contribution in [0.5, 0.6) is 0 Å². The molecular formula is C14H10ClF3N4O2S2. The molecule has 138 valence electrons. The quantitative estimate of drug-likeness (QED) is 0.420. The summed E-state index contributed by atoms with van der Waals surface area (Å²) in [5.41, 5.74) is -0.394. The van der Waals surface area contributed by atoms with E-state index in [1.807, 2.05) is 0 Å². The van der Waals surface area contributed by atoms with E-state index in [0.29, 0.717) is 21.6 Å². The number of hydrogen-bond donors (Lipinski definition) is 2. The van der Waals surface area contributed by atoms with E-state index >= 15 is 0 Å². The van der Waals surface area contributed by atoms with Gasteiger partial charge in [0, 0.05) is 5.75 Å². The minimum atomic E-state index is -4.58. The van der Waals surface area contributed by atoms with Crippen molar-refractivity contribution < 1.29 is 23.1 Å². The minimum absolute atomic E-state index is 0.00535. The van der Waals surface area contributed by atoms with Gasteiger partial charge in [0.15, 0.2) is 5.82 Å². The molecule has 3 rings (SSSR count). The van der Waals surface area contributed by atoms with E-state index in [0.717, 1.165) is 12.1 Å². The lowest BCUT2D eigenvalue weighted by Crippen LogP contribution is -2.07. The van der Waals surface area contributed by atoms with Crippen LogP contribution in [0.3, 0.4) is 0 Å². The van der Waals surface area contributed by atoms with E-state index in [9.17, 15) is 18.0 Å². The number of nitrogens with one attached hydrogen (secondary N) is 1. The van der Waals surface area contributed by atoms with Gasteiger partial charge in [0.1, 0.15) is 26.6 Å². The largest absolute Gasteiger partial charge is 0.481 e. The molecular weight excluding hydrogens is 413 g/mol. The fourth-order valence-corrected chi connectivity index (χ4v) is 4.11. The third kappa shape index (κ3) is 4.33. The smallest absolute Gasteiger partial charge is 0.416 e. The number of fused-ring (bicyclic) bond motifs is 1. The highest BCUT2D eigenvalue weighted by atomic mass is 35.5. The fraction of sp³-hybridized carbons (Fsp3) is 0.286.